The number of carbonyl (C=O) groups is 1. The fraction of sp³-hybridized carbons (Fsp3) is 0.389. The molecule has 0 bridgehead atoms. The highest BCUT2D eigenvalue weighted by Gasteiger charge is 2.09. The minimum absolute atomic E-state index is 0.0811. The Morgan fingerprint density at radius 3 is 2.48 bits per heavy atom. The van der Waals surface area contributed by atoms with Crippen LogP contribution < -0.4 is 10.0 Å². The van der Waals surface area contributed by atoms with Crippen molar-refractivity contribution in [2.24, 2.45) is 0 Å². The lowest BCUT2D eigenvalue weighted by Crippen LogP contribution is -2.23. The number of nitrogens with one attached hydrogen (secondary N) is 1. The smallest absolute Gasteiger partial charge is 0.213 e. The number of anilines is 1. The second-order valence-corrected chi connectivity index (χ2v) is 6.49. The van der Waals surface area contributed by atoms with Crippen LogP contribution in [0.25, 0.3) is 6.08 Å². The van der Waals surface area contributed by atoms with Crippen molar-refractivity contribution >= 4 is 29.5 Å². The third-order valence-corrected chi connectivity index (χ3v) is 4.59. The van der Waals surface area contributed by atoms with Crippen LogP contribution in [0, 0.1) is 0 Å². The molecule has 7 heteroatoms. The van der Waals surface area contributed by atoms with Crippen molar-refractivity contribution in [3.8, 4) is 0 Å². The summed E-state index contributed by atoms with van der Waals surface area (Å²) in [5.41, 5.74) is 1.91. The van der Waals surface area contributed by atoms with Gasteiger partial charge in [0.1, 0.15) is 5.82 Å². The molecule has 0 aliphatic carbocycles. The number of aromatic nitrogens is 3. The van der Waals surface area contributed by atoms with Crippen LogP contribution in [0.4, 0.5) is 5.69 Å². The topological polar surface area (TPSA) is 84.9 Å². The van der Waals surface area contributed by atoms with Crippen molar-refractivity contribution < 1.29 is 9.90 Å². The second-order valence-electron chi connectivity index (χ2n) is 5.48. The SMILES string of the molecule is CCCc1nc(S/C(=C\c2ccc(N(CC)CC)cc2)C(=O)[O-])n[nH]1. The van der Waals surface area contributed by atoms with E-state index in [0.29, 0.717) is 5.16 Å². The highest BCUT2D eigenvalue weighted by Crippen LogP contribution is 2.26. The van der Waals surface area contributed by atoms with Gasteiger partial charge in [0.25, 0.3) is 0 Å². The Morgan fingerprint density at radius 2 is 1.92 bits per heavy atom. The molecule has 25 heavy (non-hydrogen) atoms. The number of carboxylic acids is 1. The number of carboxylic acid groups (broad SMARTS) is 1. The standard InChI is InChI=1S/C18H24N4O2S/c1-4-7-16-19-18(21-20-16)25-15(17(23)24)12-13-8-10-14(11-9-13)22(5-2)6-3/h8-12H,4-7H2,1-3H3,(H,23,24)(H,19,20,21)/p-1/b15-12-. The molecular weight excluding hydrogens is 336 g/mol. The van der Waals surface area contributed by atoms with Gasteiger partial charge >= 0.3 is 0 Å². The molecule has 0 radical (unpaired) electrons. The summed E-state index contributed by atoms with van der Waals surface area (Å²) in [6, 6.07) is 7.78. The van der Waals surface area contributed by atoms with Crippen LogP contribution in [0.2, 0.25) is 0 Å². The van der Waals surface area contributed by atoms with E-state index in [9.17, 15) is 9.90 Å². The predicted octanol–water partition coefficient (Wildman–Crippen LogP) is 2.49. The Balaban J connectivity index is 2.16. The number of hydrogen-bond donors (Lipinski definition) is 1. The lowest BCUT2D eigenvalue weighted by molar-refractivity contribution is -0.297. The number of nitrogens with zero attached hydrogens (tertiary/aromatic N) is 3. The van der Waals surface area contributed by atoms with Crippen LogP contribution in [-0.4, -0.2) is 34.2 Å². The van der Waals surface area contributed by atoms with E-state index in [1.54, 1.807) is 6.08 Å². The van der Waals surface area contributed by atoms with E-state index in [2.05, 4.69) is 33.9 Å². The molecule has 0 aliphatic rings. The van der Waals surface area contributed by atoms with Crippen molar-refractivity contribution in [2.45, 2.75) is 38.8 Å². The molecule has 2 aromatic rings. The van der Waals surface area contributed by atoms with Gasteiger partial charge in [0.05, 0.1) is 5.97 Å². The fourth-order valence-corrected chi connectivity index (χ4v) is 3.14. The fourth-order valence-electron chi connectivity index (χ4n) is 2.42. The Morgan fingerprint density at radius 1 is 1.24 bits per heavy atom. The molecule has 0 amide bonds. The van der Waals surface area contributed by atoms with Gasteiger partial charge in [-0.3, -0.25) is 5.10 Å². The first-order valence-corrected chi connectivity index (χ1v) is 9.26. The van der Waals surface area contributed by atoms with Gasteiger partial charge in [0.2, 0.25) is 5.16 Å². The van der Waals surface area contributed by atoms with Gasteiger partial charge in [0.15, 0.2) is 0 Å². The number of aryl methyl sites for hydroxylation is 1. The normalized spacial score (nSPS) is 11.6. The Bertz CT molecular complexity index is 721. The summed E-state index contributed by atoms with van der Waals surface area (Å²) >= 11 is 0.993. The number of aromatic amines is 1. The molecular formula is C18H23N4O2S-. The van der Waals surface area contributed by atoms with Crippen LogP contribution in [0.1, 0.15) is 38.6 Å². The van der Waals surface area contributed by atoms with Gasteiger partial charge in [-0.05, 0) is 55.8 Å². The monoisotopic (exact) mass is 359 g/mol. The van der Waals surface area contributed by atoms with Crippen LogP contribution in [0.15, 0.2) is 34.3 Å². The van der Waals surface area contributed by atoms with Crippen molar-refractivity contribution in [1.82, 2.24) is 15.2 Å². The lowest BCUT2D eigenvalue weighted by Gasteiger charge is -2.20. The molecule has 6 nitrogen and oxygen atoms in total. The first-order chi connectivity index (χ1) is 12.1. The summed E-state index contributed by atoms with van der Waals surface area (Å²) in [7, 11) is 0. The van der Waals surface area contributed by atoms with Crippen LogP contribution in [0.3, 0.4) is 0 Å². The number of H-pyrrole nitrogens is 1. The first kappa shape index (κ1) is 19.1. The lowest BCUT2D eigenvalue weighted by atomic mass is 10.2. The second kappa shape index (κ2) is 9.27. The van der Waals surface area contributed by atoms with Crippen LogP contribution in [0.5, 0.6) is 0 Å². The predicted molar refractivity (Wildman–Crippen MR) is 99.2 cm³/mol. The number of rotatable bonds is 9. The third kappa shape index (κ3) is 5.35. The maximum Gasteiger partial charge on any atom is 0.213 e. The van der Waals surface area contributed by atoms with E-state index < -0.39 is 5.97 Å². The molecule has 1 N–H and O–H groups in total. The van der Waals surface area contributed by atoms with Crippen LogP contribution in [-0.2, 0) is 11.2 Å². The zero-order valence-electron chi connectivity index (χ0n) is 14.8. The van der Waals surface area contributed by atoms with Crippen molar-refractivity contribution in [2.75, 3.05) is 18.0 Å². The van der Waals surface area contributed by atoms with E-state index in [1.165, 1.54) is 0 Å². The number of aliphatic carboxylic acids is 1. The van der Waals surface area contributed by atoms with Crippen molar-refractivity contribution in [3.63, 3.8) is 0 Å². The average molecular weight is 359 g/mol. The number of hydrogen-bond acceptors (Lipinski definition) is 6. The third-order valence-electron chi connectivity index (χ3n) is 3.72. The summed E-state index contributed by atoms with van der Waals surface area (Å²) in [4.78, 5) is 18.0. The average Bonchev–Trinajstić information content (AvgIpc) is 3.04. The Labute approximate surface area is 152 Å². The van der Waals surface area contributed by atoms with Gasteiger partial charge in [-0.1, -0.05) is 19.1 Å². The Kier molecular flexibility index (Phi) is 7.06. The van der Waals surface area contributed by atoms with E-state index in [0.717, 1.165) is 54.8 Å². The number of benzene rings is 1. The van der Waals surface area contributed by atoms with Gasteiger partial charge in [0, 0.05) is 30.1 Å². The molecule has 1 aromatic carbocycles. The quantitative estimate of drug-likeness (QED) is 0.547. The minimum Gasteiger partial charge on any atom is -0.544 e. The molecule has 134 valence electrons. The van der Waals surface area contributed by atoms with E-state index in [1.807, 2.05) is 31.2 Å². The highest BCUT2D eigenvalue weighted by atomic mass is 32.2. The zero-order valence-corrected chi connectivity index (χ0v) is 15.6. The summed E-state index contributed by atoms with van der Waals surface area (Å²) in [5.74, 6) is -0.481. The molecule has 1 aromatic heterocycles. The van der Waals surface area contributed by atoms with Crippen molar-refractivity contribution in [1.29, 1.82) is 0 Å². The Hall–Kier alpha value is -2.28. The van der Waals surface area contributed by atoms with E-state index >= 15 is 0 Å². The maximum absolute atomic E-state index is 11.4. The van der Waals surface area contributed by atoms with Gasteiger partial charge in [-0.2, -0.15) is 0 Å². The number of carbonyl (C=O) groups excluding carboxylic acids is 1. The van der Waals surface area contributed by atoms with E-state index in [4.69, 9.17) is 0 Å². The molecule has 0 spiro atoms. The molecule has 0 unspecified atom stereocenters. The molecule has 2 rings (SSSR count). The number of thioether (sulfide) groups is 1. The van der Waals surface area contributed by atoms with Crippen molar-refractivity contribution in [3.05, 3.63) is 40.6 Å². The highest BCUT2D eigenvalue weighted by molar-refractivity contribution is 8.04. The van der Waals surface area contributed by atoms with Gasteiger partial charge in [-0.25, -0.2) is 4.98 Å². The summed E-state index contributed by atoms with van der Waals surface area (Å²) in [6.07, 6.45) is 3.31. The molecule has 0 atom stereocenters. The zero-order chi connectivity index (χ0) is 18.2. The largest absolute Gasteiger partial charge is 0.544 e. The van der Waals surface area contributed by atoms with Gasteiger partial charge in [-0.15, -0.1) is 5.10 Å². The maximum atomic E-state index is 11.4. The van der Waals surface area contributed by atoms with Gasteiger partial charge < -0.3 is 14.8 Å². The first-order valence-electron chi connectivity index (χ1n) is 8.44. The minimum atomic E-state index is -1.24. The van der Waals surface area contributed by atoms with E-state index in [-0.39, 0.29) is 4.91 Å². The molecule has 0 fully saturated rings. The molecule has 0 saturated carbocycles. The summed E-state index contributed by atoms with van der Waals surface area (Å²) < 4.78 is 0. The molecule has 1 heterocycles. The summed E-state index contributed by atoms with van der Waals surface area (Å²) in [5, 5.41) is 18.7. The summed E-state index contributed by atoms with van der Waals surface area (Å²) in [6.45, 7) is 8.11. The molecule has 0 aliphatic heterocycles. The van der Waals surface area contributed by atoms with Crippen LogP contribution >= 0.6 is 11.8 Å². The molecule has 0 saturated heterocycles.